The second-order valence-electron chi connectivity index (χ2n) is 5.60. The monoisotopic (exact) mass is 256 g/mol. The summed E-state index contributed by atoms with van der Waals surface area (Å²) in [5.41, 5.74) is -0.433. The Hall–Kier alpha value is -0.530. The fourth-order valence-electron chi connectivity index (χ4n) is 2.78. The first-order chi connectivity index (χ1) is 8.63. The topological polar surface area (TPSA) is 37.3 Å². The van der Waals surface area contributed by atoms with Gasteiger partial charge in [-0.1, -0.05) is 72.1 Å². The summed E-state index contributed by atoms with van der Waals surface area (Å²) in [6.45, 7) is 6.46. The van der Waals surface area contributed by atoms with E-state index in [9.17, 15) is 9.90 Å². The van der Waals surface area contributed by atoms with Crippen molar-refractivity contribution in [3.05, 3.63) is 0 Å². The van der Waals surface area contributed by atoms with E-state index >= 15 is 0 Å². The van der Waals surface area contributed by atoms with Crippen LogP contribution in [0.4, 0.5) is 0 Å². The fourth-order valence-corrected chi connectivity index (χ4v) is 2.78. The van der Waals surface area contributed by atoms with Gasteiger partial charge in [-0.2, -0.15) is 0 Å². The Morgan fingerprint density at radius 1 is 0.778 bits per heavy atom. The third-order valence-electron chi connectivity index (χ3n) is 3.95. The number of carboxylic acids is 1. The molecule has 0 heterocycles. The summed E-state index contributed by atoms with van der Waals surface area (Å²) in [7, 11) is 0. The third kappa shape index (κ3) is 6.42. The molecule has 0 amide bonds. The predicted octanol–water partition coefficient (Wildman–Crippen LogP) is 5.41. The first-order valence-electron chi connectivity index (χ1n) is 7.86. The average molecular weight is 256 g/mol. The Morgan fingerprint density at radius 2 is 1.28 bits per heavy atom. The molecule has 18 heavy (non-hydrogen) atoms. The summed E-state index contributed by atoms with van der Waals surface area (Å²) in [6.07, 6.45) is 11.7. The molecule has 0 spiro atoms. The van der Waals surface area contributed by atoms with Crippen LogP contribution in [0.3, 0.4) is 0 Å². The van der Waals surface area contributed by atoms with E-state index in [0.29, 0.717) is 0 Å². The molecule has 0 saturated carbocycles. The van der Waals surface area contributed by atoms with Gasteiger partial charge >= 0.3 is 5.97 Å². The molecule has 0 bridgehead atoms. The van der Waals surface area contributed by atoms with E-state index in [0.717, 1.165) is 51.4 Å². The molecule has 108 valence electrons. The maximum Gasteiger partial charge on any atom is 0.309 e. The normalized spacial score (nSPS) is 14.4. The van der Waals surface area contributed by atoms with Crippen LogP contribution in [0.2, 0.25) is 0 Å². The summed E-state index contributed by atoms with van der Waals surface area (Å²) < 4.78 is 0. The van der Waals surface area contributed by atoms with Gasteiger partial charge in [0.05, 0.1) is 5.41 Å². The summed E-state index contributed by atoms with van der Waals surface area (Å²) >= 11 is 0. The lowest BCUT2D eigenvalue weighted by Crippen LogP contribution is -2.31. The van der Waals surface area contributed by atoms with E-state index in [4.69, 9.17) is 0 Å². The highest BCUT2D eigenvalue weighted by molar-refractivity contribution is 5.74. The second kappa shape index (κ2) is 10.4. The average Bonchev–Trinajstić information content (AvgIpc) is 2.34. The summed E-state index contributed by atoms with van der Waals surface area (Å²) in [5.74, 6) is -0.558. The molecule has 0 aromatic heterocycles. The Bertz CT molecular complexity index is 213. The maximum absolute atomic E-state index is 11.7. The fraction of sp³-hybridized carbons (Fsp3) is 0.938. The molecule has 0 aromatic rings. The molecule has 0 saturated heterocycles. The highest BCUT2D eigenvalue weighted by Crippen LogP contribution is 2.36. The van der Waals surface area contributed by atoms with Crippen molar-refractivity contribution in [1.82, 2.24) is 0 Å². The van der Waals surface area contributed by atoms with Crippen molar-refractivity contribution < 1.29 is 9.90 Å². The van der Waals surface area contributed by atoms with Crippen LogP contribution in [-0.2, 0) is 4.79 Å². The van der Waals surface area contributed by atoms with Gasteiger partial charge in [-0.15, -0.1) is 0 Å². The van der Waals surface area contributed by atoms with Crippen molar-refractivity contribution in [1.29, 1.82) is 0 Å². The molecule has 2 heteroatoms. The summed E-state index contributed by atoms with van der Waals surface area (Å²) in [4.78, 5) is 11.7. The molecule has 1 unspecified atom stereocenters. The van der Waals surface area contributed by atoms with E-state index in [1.54, 1.807) is 0 Å². The standard InChI is InChI=1S/C16H32O2/c1-4-7-9-11-14-16(12-6-3,15(17)18)13-10-8-5-2/h4-14H2,1-3H3,(H,17,18). The predicted molar refractivity (Wildman–Crippen MR) is 77.9 cm³/mol. The zero-order valence-corrected chi connectivity index (χ0v) is 12.6. The smallest absolute Gasteiger partial charge is 0.309 e. The number of aliphatic carboxylic acids is 1. The molecule has 0 radical (unpaired) electrons. The summed E-state index contributed by atoms with van der Waals surface area (Å²) in [5, 5.41) is 9.61. The largest absolute Gasteiger partial charge is 0.481 e. The molecule has 0 aliphatic carbocycles. The van der Waals surface area contributed by atoms with Gasteiger partial charge in [-0.3, -0.25) is 4.79 Å². The van der Waals surface area contributed by atoms with Crippen molar-refractivity contribution in [3.8, 4) is 0 Å². The van der Waals surface area contributed by atoms with Gasteiger partial charge in [0, 0.05) is 0 Å². The van der Waals surface area contributed by atoms with E-state index in [1.807, 2.05) is 0 Å². The van der Waals surface area contributed by atoms with Crippen LogP contribution < -0.4 is 0 Å². The molecule has 0 aliphatic rings. The van der Waals surface area contributed by atoms with Crippen molar-refractivity contribution in [2.75, 3.05) is 0 Å². The van der Waals surface area contributed by atoms with Gasteiger partial charge in [0.15, 0.2) is 0 Å². The molecule has 0 aliphatic heterocycles. The lowest BCUT2D eigenvalue weighted by atomic mass is 9.74. The quantitative estimate of drug-likeness (QED) is 0.474. The van der Waals surface area contributed by atoms with Gasteiger partial charge in [-0.05, 0) is 19.3 Å². The van der Waals surface area contributed by atoms with Crippen LogP contribution >= 0.6 is 0 Å². The van der Waals surface area contributed by atoms with Crippen LogP contribution in [0.1, 0.15) is 91.4 Å². The molecule has 0 fully saturated rings. The van der Waals surface area contributed by atoms with Crippen LogP contribution in [0.5, 0.6) is 0 Å². The van der Waals surface area contributed by atoms with Gasteiger partial charge in [0.1, 0.15) is 0 Å². The van der Waals surface area contributed by atoms with Gasteiger partial charge in [0.2, 0.25) is 0 Å². The first kappa shape index (κ1) is 17.5. The Kier molecular flexibility index (Phi) is 10.1. The molecule has 1 atom stereocenters. The zero-order valence-electron chi connectivity index (χ0n) is 12.6. The van der Waals surface area contributed by atoms with Crippen LogP contribution in [0.25, 0.3) is 0 Å². The number of hydrogen-bond acceptors (Lipinski definition) is 1. The van der Waals surface area contributed by atoms with Crippen molar-refractivity contribution >= 4 is 5.97 Å². The van der Waals surface area contributed by atoms with Crippen LogP contribution in [0, 0.1) is 5.41 Å². The number of carbonyl (C=O) groups is 1. The molecule has 0 aromatic carbocycles. The second-order valence-corrected chi connectivity index (χ2v) is 5.60. The van der Waals surface area contributed by atoms with Crippen molar-refractivity contribution in [3.63, 3.8) is 0 Å². The molecule has 1 N–H and O–H groups in total. The van der Waals surface area contributed by atoms with Crippen LogP contribution in [0.15, 0.2) is 0 Å². The number of hydrogen-bond donors (Lipinski definition) is 1. The minimum atomic E-state index is -0.558. The first-order valence-corrected chi connectivity index (χ1v) is 7.86. The lowest BCUT2D eigenvalue weighted by molar-refractivity contribution is -0.150. The maximum atomic E-state index is 11.7. The zero-order chi connectivity index (χ0) is 13.9. The number of unbranched alkanes of at least 4 members (excludes halogenated alkanes) is 5. The Labute approximate surface area is 113 Å². The molecular formula is C16H32O2. The SMILES string of the molecule is CCCCCCC(CCC)(CCCCC)C(=O)O. The van der Waals surface area contributed by atoms with Gasteiger partial charge in [-0.25, -0.2) is 0 Å². The van der Waals surface area contributed by atoms with Gasteiger partial charge < -0.3 is 5.11 Å². The van der Waals surface area contributed by atoms with Crippen molar-refractivity contribution in [2.24, 2.45) is 5.41 Å². The molecule has 0 rings (SSSR count). The Balaban J connectivity index is 4.38. The third-order valence-corrected chi connectivity index (χ3v) is 3.95. The van der Waals surface area contributed by atoms with E-state index in [-0.39, 0.29) is 0 Å². The number of rotatable bonds is 12. The lowest BCUT2D eigenvalue weighted by Gasteiger charge is -2.29. The summed E-state index contributed by atoms with van der Waals surface area (Å²) in [6, 6.07) is 0. The molecule has 2 nitrogen and oxygen atoms in total. The Morgan fingerprint density at radius 3 is 1.72 bits per heavy atom. The van der Waals surface area contributed by atoms with Crippen molar-refractivity contribution in [2.45, 2.75) is 91.4 Å². The van der Waals surface area contributed by atoms with E-state index < -0.39 is 11.4 Å². The minimum Gasteiger partial charge on any atom is -0.481 e. The highest BCUT2D eigenvalue weighted by Gasteiger charge is 2.36. The minimum absolute atomic E-state index is 0.433. The van der Waals surface area contributed by atoms with Crippen LogP contribution in [-0.4, -0.2) is 11.1 Å². The number of carboxylic acid groups (broad SMARTS) is 1. The highest BCUT2D eigenvalue weighted by atomic mass is 16.4. The van der Waals surface area contributed by atoms with Gasteiger partial charge in [0.25, 0.3) is 0 Å². The van der Waals surface area contributed by atoms with E-state index in [1.165, 1.54) is 19.3 Å². The molecular weight excluding hydrogens is 224 g/mol. The van der Waals surface area contributed by atoms with E-state index in [2.05, 4.69) is 20.8 Å².